The van der Waals surface area contributed by atoms with Crippen LogP contribution in [0, 0.1) is 11.8 Å². The van der Waals surface area contributed by atoms with Crippen molar-refractivity contribution in [3.8, 4) is 5.75 Å². The first kappa shape index (κ1) is 18.6. The highest BCUT2D eigenvalue weighted by molar-refractivity contribution is 5.91. The fourth-order valence-electron chi connectivity index (χ4n) is 3.61. The topological polar surface area (TPSA) is 53.6 Å². The Morgan fingerprint density at radius 1 is 1.29 bits per heavy atom. The third-order valence-corrected chi connectivity index (χ3v) is 4.29. The van der Waals surface area contributed by atoms with Gasteiger partial charge in [-0.3, -0.25) is 0 Å². The van der Waals surface area contributed by atoms with E-state index in [1.807, 2.05) is 31.2 Å². The number of nitrogens with one attached hydrogen (secondary N) is 2. The number of piperidine rings is 1. The molecule has 0 spiro atoms. The van der Waals surface area contributed by atoms with Crippen LogP contribution in [0.1, 0.15) is 34.1 Å². The number of carbonyl (C=O) groups excluding carboxylic acids is 1. The normalized spacial score (nSPS) is 22.7. The first-order chi connectivity index (χ1) is 11.5. The highest BCUT2D eigenvalue weighted by Crippen LogP contribution is 2.23. The molecular formula is C19H31N3O2. The third kappa shape index (κ3) is 5.71. The lowest BCUT2D eigenvalue weighted by Crippen LogP contribution is -2.47. The largest absolute Gasteiger partial charge is 0.492 e. The van der Waals surface area contributed by atoms with E-state index in [-0.39, 0.29) is 12.1 Å². The quantitative estimate of drug-likeness (QED) is 0.837. The summed E-state index contributed by atoms with van der Waals surface area (Å²) in [6.45, 7) is 12.3. The molecule has 0 aliphatic carbocycles. The zero-order chi connectivity index (χ0) is 17.5. The number of likely N-dealkylation sites (tertiary alicyclic amines) is 1. The molecule has 0 bridgehead atoms. The number of benzene rings is 1. The number of hydrogen-bond acceptors (Lipinski definition) is 3. The highest BCUT2D eigenvalue weighted by atomic mass is 16.5. The van der Waals surface area contributed by atoms with Crippen molar-refractivity contribution in [2.24, 2.45) is 11.8 Å². The number of amides is 2. The van der Waals surface area contributed by atoms with E-state index < -0.39 is 0 Å². The van der Waals surface area contributed by atoms with Crippen molar-refractivity contribution in [2.45, 2.75) is 40.2 Å². The zero-order valence-corrected chi connectivity index (χ0v) is 15.3. The molecule has 2 rings (SSSR count). The van der Waals surface area contributed by atoms with Crippen LogP contribution < -0.4 is 15.4 Å². The Kier molecular flexibility index (Phi) is 6.91. The fourth-order valence-corrected chi connectivity index (χ4v) is 3.61. The molecule has 0 unspecified atom stereocenters. The van der Waals surface area contributed by atoms with Gasteiger partial charge in [0, 0.05) is 25.7 Å². The highest BCUT2D eigenvalue weighted by Gasteiger charge is 2.23. The first-order valence-corrected chi connectivity index (χ1v) is 8.99. The predicted octanol–water partition coefficient (Wildman–Crippen LogP) is 3.57. The summed E-state index contributed by atoms with van der Waals surface area (Å²) in [4.78, 5) is 14.7. The second-order valence-electron chi connectivity index (χ2n) is 7.09. The van der Waals surface area contributed by atoms with Gasteiger partial charge < -0.3 is 20.3 Å². The van der Waals surface area contributed by atoms with E-state index in [2.05, 4.69) is 36.3 Å². The van der Waals surface area contributed by atoms with Crippen molar-refractivity contribution < 1.29 is 9.53 Å². The van der Waals surface area contributed by atoms with E-state index in [0.29, 0.717) is 18.0 Å². The van der Waals surface area contributed by atoms with Crippen molar-refractivity contribution in [1.29, 1.82) is 0 Å². The maximum atomic E-state index is 12.3. The molecule has 0 aromatic heterocycles. The van der Waals surface area contributed by atoms with Gasteiger partial charge in [-0.25, -0.2) is 4.79 Å². The average molecular weight is 333 g/mol. The monoisotopic (exact) mass is 333 g/mol. The van der Waals surface area contributed by atoms with Gasteiger partial charge in [0.2, 0.25) is 0 Å². The van der Waals surface area contributed by atoms with Gasteiger partial charge in [0.15, 0.2) is 0 Å². The first-order valence-electron chi connectivity index (χ1n) is 8.99. The Morgan fingerprint density at radius 3 is 2.62 bits per heavy atom. The molecule has 2 amide bonds. The molecule has 1 fully saturated rings. The van der Waals surface area contributed by atoms with Gasteiger partial charge in [0.1, 0.15) is 5.75 Å². The minimum absolute atomic E-state index is 0.0988. The molecule has 2 N–H and O–H groups in total. The Labute approximate surface area is 145 Å². The molecule has 24 heavy (non-hydrogen) atoms. The summed E-state index contributed by atoms with van der Waals surface area (Å²) < 4.78 is 5.54. The Morgan fingerprint density at radius 2 is 1.96 bits per heavy atom. The van der Waals surface area contributed by atoms with Crippen LogP contribution in [0.4, 0.5) is 10.5 Å². The number of carbonyl (C=O) groups is 1. The van der Waals surface area contributed by atoms with E-state index >= 15 is 0 Å². The van der Waals surface area contributed by atoms with Crippen molar-refractivity contribution in [3.63, 3.8) is 0 Å². The molecule has 1 saturated heterocycles. The van der Waals surface area contributed by atoms with Gasteiger partial charge in [-0.15, -0.1) is 0 Å². The lowest BCUT2D eigenvalue weighted by Gasteiger charge is -2.36. The van der Waals surface area contributed by atoms with Crippen LogP contribution in [0.5, 0.6) is 5.75 Å². The number of ether oxygens (including phenoxy) is 1. The summed E-state index contributed by atoms with van der Waals surface area (Å²) in [6, 6.07) is 7.41. The van der Waals surface area contributed by atoms with Gasteiger partial charge in [-0.1, -0.05) is 26.0 Å². The smallest absolute Gasteiger partial charge is 0.319 e. The van der Waals surface area contributed by atoms with Crippen LogP contribution in [0.15, 0.2) is 24.3 Å². The SMILES string of the molecule is CCOc1ccccc1NC(=O)N[C@H](C)CN1C[C@H](C)C[C@@H](C)C1. The maximum Gasteiger partial charge on any atom is 0.319 e. The molecule has 1 heterocycles. The van der Waals surface area contributed by atoms with Crippen molar-refractivity contribution in [1.82, 2.24) is 10.2 Å². The average Bonchev–Trinajstić information content (AvgIpc) is 2.48. The maximum absolute atomic E-state index is 12.3. The Hall–Kier alpha value is -1.75. The molecule has 0 radical (unpaired) electrons. The van der Waals surface area contributed by atoms with Gasteiger partial charge >= 0.3 is 6.03 Å². The number of rotatable bonds is 6. The standard InChI is InChI=1S/C19H31N3O2/c1-5-24-18-9-7-6-8-17(18)21-19(23)20-16(4)13-22-11-14(2)10-15(3)12-22/h6-9,14-16H,5,10-13H2,1-4H3,(H2,20,21,23)/t14-,15-,16-/m1/s1. The van der Waals surface area contributed by atoms with E-state index in [1.54, 1.807) is 0 Å². The molecule has 1 aliphatic heterocycles. The molecule has 0 saturated carbocycles. The number of urea groups is 1. The second-order valence-corrected chi connectivity index (χ2v) is 7.09. The lowest BCUT2D eigenvalue weighted by molar-refractivity contribution is 0.132. The van der Waals surface area contributed by atoms with E-state index in [4.69, 9.17) is 4.74 Å². The molecule has 5 nitrogen and oxygen atoms in total. The van der Waals surface area contributed by atoms with E-state index in [9.17, 15) is 4.79 Å². The van der Waals surface area contributed by atoms with E-state index in [0.717, 1.165) is 31.5 Å². The summed E-state index contributed by atoms with van der Waals surface area (Å²) in [5.74, 6) is 2.15. The minimum Gasteiger partial charge on any atom is -0.492 e. The summed E-state index contributed by atoms with van der Waals surface area (Å²) in [5, 5.41) is 5.91. The molecule has 5 heteroatoms. The second kappa shape index (κ2) is 8.92. The molecular weight excluding hydrogens is 302 g/mol. The van der Waals surface area contributed by atoms with Crippen LogP contribution >= 0.6 is 0 Å². The molecule has 1 aromatic carbocycles. The molecule has 1 aromatic rings. The molecule has 1 aliphatic rings. The van der Waals surface area contributed by atoms with Gasteiger partial charge in [-0.2, -0.15) is 0 Å². The van der Waals surface area contributed by atoms with Crippen LogP contribution in [-0.2, 0) is 0 Å². The zero-order valence-electron chi connectivity index (χ0n) is 15.3. The van der Waals surface area contributed by atoms with Crippen LogP contribution in [-0.4, -0.2) is 43.2 Å². The number of nitrogens with zero attached hydrogens (tertiary/aromatic N) is 1. The van der Waals surface area contributed by atoms with Crippen molar-refractivity contribution in [2.75, 3.05) is 31.6 Å². The van der Waals surface area contributed by atoms with Gasteiger partial charge in [0.05, 0.1) is 12.3 Å². The summed E-state index contributed by atoms with van der Waals surface area (Å²) in [6.07, 6.45) is 1.30. The van der Waals surface area contributed by atoms with Crippen LogP contribution in [0.25, 0.3) is 0 Å². The van der Waals surface area contributed by atoms with Crippen molar-refractivity contribution >= 4 is 11.7 Å². The summed E-state index contributed by atoms with van der Waals surface area (Å²) in [5.41, 5.74) is 0.698. The third-order valence-electron chi connectivity index (χ3n) is 4.29. The van der Waals surface area contributed by atoms with Gasteiger partial charge in [-0.05, 0) is 44.2 Å². The summed E-state index contributed by atoms with van der Waals surface area (Å²) >= 11 is 0. The molecule has 134 valence electrons. The number of para-hydroxylation sites is 2. The van der Waals surface area contributed by atoms with E-state index in [1.165, 1.54) is 6.42 Å². The number of anilines is 1. The fraction of sp³-hybridized carbons (Fsp3) is 0.632. The Balaban J connectivity index is 1.83. The minimum atomic E-state index is -0.187. The lowest BCUT2D eigenvalue weighted by atomic mass is 9.92. The summed E-state index contributed by atoms with van der Waals surface area (Å²) in [7, 11) is 0. The van der Waals surface area contributed by atoms with Crippen LogP contribution in [0.3, 0.4) is 0 Å². The number of hydrogen-bond donors (Lipinski definition) is 2. The van der Waals surface area contributed by atoms with Crippen molar-refractivity contribution in [3.05, 3.63) is 24.3 Å². The predicted molar refractivity (Wildman–Crippen MR) is 98.6 cm³/mol. The Bertz CT molecular complexity index is 525. The van der Waals surface area contributed by atoms with Crippen LogP contribution in [0.2, 0.25) is 0 Å². The van der Waals surface area contributed by atoms with Gasteiger partial charge in [0.25, 0.3) is 0 Å². The molecule has 3 atom stereocenters.